The van der Waals surface area contributed by atoms with E-state index in [0.717, 1.165) is 5.56 Å². The van der Waals surface area contributed by atoms with E-state index >= 15 is 0 Å². The number of ether oxygens (including phenoxy) is 1. The number of rotatable bonds is 2. The number of hydrogen-bond acceptors (Lipinski definition) is 4. The molecule has 0 amide bonds. The molecule has 4 nitrogen and oxygen atoms in total. The van der Waals surface area contributed by atoms with Gasteiger partial charge in [0.1, 0.15) is 5.75 Å². The van der Waals surface area contributed by atoms with Crippen LogP contribution in [0.2, 0.25) is 0 Å². The Morgan fingerprint density at radius 1 is 1.17 bits per heavy atom. The molecule has 0 aliphatic heterocycles. The summed E-state index contributed by atoms with van der Waals surface area (Å²) in [5, 5.41) is 0. The topological polar surface area (TPSA) is 60.4 Å². The Hall–Kier alpha value is -2.23. The van der Waals surface area contributed by atoms with Crippen molar-refractivity contribution in [3.05, 3.63) is 41.5 Å². The van der Waals surface area contributed by atoms with E-state index in [1.54, 1.807) is 38.3 Å². The van der Waals surface area contributed by atoms with Gasteiger partial charge in [-0.05, 0) is 36.3 Å². The fraction of sp³-hybridized carbons (Fsp3) is 0.421. The van der Waals surface area contributed by atoms with E-state index in [9.17, 15) is 14.4 Å². The van der Waals surface area contributed by atoms with Crippen LogP contribution in [0.3, 0.4) is 0 Å². The molecule has 1 unspecified atom stereocenters. The molecule has 0 fully saturated rings. The lowest BCUT2D eigenvalue weighted by atomic mass is 9.50. The van der Waals surface area contributed by atoms with Crippen molar-refractivity contribution in [3.8, 4) is 5.75 Å². The van der Waals surface area contributed by atoms with Gasteiger partial charge in [-0.15, -0.1) is 0 Å². The quantitative estimate of drug-likeness (QED) is 0.788. The van der Waals surface area contributed by atoms with E-state index in [4.69, 9.17) is 4.74 Å². The normalized spacial score (nSPS) is 32.5. The SMILES string of the molecule is CC[C@@]1(C)C(=O)C=C[C@@]2(C)c3cc(OC)ccc3C(=O)C(=O)C12. The summed E-state index contributed by atoms with van der Waals surface area (Å²) in [5.74, 6) is -1.10. The van der Waals surface area contributed by atoms with Crippen LogP contribution in [0.5, 0.6) is 5.75 Å². The Balaban J connectivity index is 2.34. The average Bonchev–Trinajstić information content (AvgIpc) is 2.56. The summed E-state index contributed by atoms with van der Waals surface area (Å²) in [7, 11) is 1.56. The Morgan fingerprint density at radius 3 is 2.48 bits per heavy atom. The van der Waals surface area contributed by atoms with Gasteiger partial charge in [0.15, 0.2) is 5.78 Å². The molecule has 2 aliphatic carbocycles. The highest BCUT2D eigenvalue weighted by Crippen LogP contribution is 2.53. The zero-order valence-corrected chi connectivity index (χ0v) is 13.8. The van der Waals surface area contributed by atoms with Crippen molar-refractivity contribution < 1.29 is 19.1 Å². The minimum absolute atomic E-state index is 0.0880. The fourth-order valence-electron chi connectivity index (χ4n) is 4.08. The molecule has 3 atom stereocenters. The second kappa shape index (κ2) is 4.88. The van der Waals surface area contributed by atoms with Gasteiger partial charge in [0.25, 0.3) is 0 Å². The lowest BCUT2D eigenvalue weighted by molar-refractivity contribution is -0.137. The summed E-state index contributed by atoms with van der Waals surface area (Å²) < 4.78 is 5.28. The molecule has 0 spiro atoms. The molecule has 4 heteroatoms. The Kier molecular flexibility index (Phi) is 3.32. The fourth-order valence-corrected chi connectivity index (χ4v) is 4.08. The van der Waals surface area contributed by atoms with Gasteiger partial charge >= 0.3 is 0 Å². The maximum Gasteiger partial charge on any atom is 0.229 e. The van der Waals surface area contributed by atoms with Crippen LogP contribution in [0, 0.1) is 11.3 Å². The second-order valence-electron chi connectivity index (χ2n) is 6.79. The van der Waals surface area contributed by atoms with Crippen LogP contribution < -0.4 is 4.74 Å². The van der Waals surface area contributed by atoms with Crippen LogP contribution in [0.1, 0.15) is 43.1 Å². The van der Waals surface area contributed by atoms with Crippen molar-refractivity contribution in [2.45, 2.75) is 32.6 Å². The Morgan fingerprint density at radius 2 is 1.87 bits per heavy atom. The Bertz CT molecular complexity index is 761. The summed E-state index contributed by atoms with van der Waals surface area (Å²) in [5.41, 5.74) is -0.383. The molecule has 0 radical (unpaired) electrons. The number of methoxy groups -OCH3 is 1. The van der Waals surface area contributed by atoms with E-state index in [2.05, 4.69) is 0 Å². The molecule has 0 aromatic heterocycles. The number of benzene rings is 1. The molecule has 3 rings (SSSR count). The van der Waals surface area contributed by atoms with Gasteiger partial charge < -0.3 is 4.74 Å². The lowest BCUT2D eigenvalue weighted by Gasteiger charge is -2.49. The minimum atomic E-state index is -0.864. The van der Waals surface area contributed by atoms with E-state index < -0.39 is 28.3 Å². The van der Waals surface area contributed by atoms with Crippen LogP contribution >= 0.6 is 0 Å². The maximum absolute atomic E-state index is 12.8. The van der Waals surface area contributed by atoms with Crippen LogP contribution in [0.4, 0.5) is 0 Å². The lowest BCUT2D eigenvalue weighted by Crippen LogP contribution is -2.56. The molecule has 1 aromatic rings. The molecular weight excluding hydrogens is 292 g/mol. The first-order valence-corrected chi connectivity index (χ1v) is 7.80. The first-order valence-electron chi connectivity index (χ1n) is 7.80. The molecule has 0 N–H and O–H groups in total. The zero-order valence-electron chi connectivity index (χ0n) is 13.8. The summed E-state index contributed by atoms with van der Waals surface area (Å²) >= 11 is 0. The standard InChI is InChI=1S/C19H20O4/c1-5-18(2)14(20)8-9-19(3)13-10-11(23-4)6-7-12(13)15(21)16(22)17(18)19/h6-10,17H,5H2,1-4H3/t17?,18-,19-/m0/s1. The molecular formula is C19H20O4. The zero-order chi connectivity index (χ0) is 17.0. The molecule has 0 bridgehead atoms. The van der Waals surface area contributed by atoms with Gasteiger partial charge in [-0.1, -0.05) is 26.8 Å². The summed E-state index contributed by atoms with van der Waals surface area (Å²) in [6.07, 6.45) is 3.85. The van der Waals surface area contributed by atoms with Gasteiger partial charge in [-0.3, -0.25) is 14.4 Å². The molecule has 1 aromatic carbocycles. The third-order valence-electron chi connectivity index (χ3n) is 5.65. The van der Waals surface area contributed by atoms with Crippen LogP contribution in [0.25, 0.3) is 0 Å². The van der Waals surface area contributed by atoms with Crippen LogP contribution in [-0.2, 0) is 15.0 Å². The smallest absolute Gasteiger partial charge is 0.229 e. The largest absolute Gasteiger partial charge is 0.497 e. The van der Waals surface area contributed by atoms with Crippen molar-refractivity contribution in [1.82, 2.24) is 0 Å². The van der Waals surface area contributed by atoms with Crippen molar-refractivity contribution in [3.63, 3.8) is 0 Å². The highest BCUT2D eigenvalue weighted by Gasteiger charge is 2.59. The monoisotopic (exact) mass is 312 g/mol. The number of carbonyl (C=O) groups excluding carboxylic acids is 3. The third kappa shape index (κ3) is 1.87. The number of hydrogen-bond donors (Lipinski definition) is 0. The first-order chi connectivity index (χ1) is 10.8. The predicted molar refractivity (Wildman–Crippen MR) is 85.7 cm³/mol. The maximum atomic E-state index is 12.8. The molecule has 0 heterocycles. The van der Waals surface area contributed by atoms with Gasteiger partial charge in [-0.2, -0.15) is 0 Å². The van der Waals surface area contributed by atoms with Gasteiger partial charge in [0.2, 0.25) is 11.6 Å². The summed E-state index contributed by atoms with van der Waals surface area (Å²) in [6.45, 7) is 5.60. The molecule has 23 heavy (non-hydrogen) atoms. The highest BCUT2D eigenvalue weighted by molar-refractivity contribution is 6.46. The Labute approximate surface area is 135 Å². The third-order valence-corrected chi connectivity index (χ3v) is 5.65. The number of Topliss-reactive ketones (excluding diaryl/α,β-unsaturated/α-hetero) is 2. The molecule has 2 aliphatic rings. The average molecular weight is 312 g/mol. The number of carbonyl (C=O) groups is 3. The predicted octanol–water partition coefficient (Wildman–Crippen LogP) is 2.89. The first kappa shape index (κ1) is 15.7. The molecule has 0 saturated heterocycles. The summed E-state index contributed by atoms with van der Waals surface area (Å²) in [6, 6.07) is 5.14. The van der Waals surface area contributed by atoms with Gasteiger partial charge in [0.05, 0.1) is 13.0 Å². The van der Waals surface area contributed by atoms with Crippen molar-refractivity contribution in [1.29, 1.82) is 0 Å². The minimum Gasteiger partial charge on any atom is -0.497 e. The van der Waals surface area contributed by atoms with Gasteiger partial charge in [0, 0.05) is 16.4 Å². The van der Waals surface area contributed by atoms with Crippen LogP contribution in [0.15, 0.2) is 30.4 Å². The molecule has 0 saturated carbocycles. The highest BCUT2D eigenvalue weighted by atomic mass is 16.5. The van der Waals surface area contributed by atoms with Crippen LogP contribution in [-0.4, -0.2) is 24.5 Å². The second-order valence-corrected chi connectivity index (χ2v) is 6.79. The summed E-state index contributed by atoms with van der Waals surface area (Å²) in [4.78, 5) is 37.9. The van der Waals surface area contributed by atoms with Crippen molar-refractivity contribution in [2.75, 3.05) is 7.11 Å². The van der Waals surface area contributed by atoms with Crippen molar-refractivity contribution in [2.24, 2.45) is 11.3 Å². The van der Waals surface area contributed by atoms with E-state index in [1.807, 2.05) is 19.9 Å². The number of fused-ring (bicyclic) bond motifs is 3. The van der Waals surface area contributed by atoms with E-state index in [0.29, 0.717) is 17.7 Å². The van der Waals surface area contributed by atoms with E-state index in [-0.39, 0.29) is 5.78 Å². The van der Waals surface area contributed by atoms with Crippen molar-refractivity contribution >= 4 is 17.3 Å². The number of allylic oxidation sites excluding steroid dienone is 2. The number of ketones is 3. The van der Waals surface area contributed by atoms with E-state index in [1.165, 1.54) is 0 Å². The van der Waals surface area contributed by atoms with Gasteiger partial charge in [-0.25, -0.2) is 0 Å². The molecule has 120 valence electrons.